The number of primary amides is 2. The largest absolute Gasteiger partial charge is 0.480 e. The normalized spacial score (nSPS) is 15.6. The van der Waals surface area contributed by atoms with Crippen LogP contribution in [0.15, 0.2) is 60.7 Å². The van der Waals surface area contributed by atoms with Crippen molar-refractivity contribution in [3.8, 4) is 0 Å². The van der Waals surface area contributed by atoms with Crippen LogP contribution < -0.4 is 27.4 Å². The average Bonchev–Trinajstić information content (AvgIpc) is 3.66. The highest BCUT2D eigenvalue weighted by atomic mass is 31.1. The molecule has 2 aromatic carbocycles. The number of carbonyl (C=O) groups is 10. The van der Waals surface area contributed by atoms with Gasteiger partial charge in [-0.1, -0.05) is 68.9 Å². The summed E-state index contributed by atoms with van der Waals surface area (Å²) in [6.45, 7) is 3.96. The van der Waals surface area contributed by atoms with Crippen LogP contribution in [0.2, 0.25) is 6.82 Å². The molecule has 0 bridgehead atoms. The van der Waals surface area contributed by atoms with Crippen molar-refractivity contribution in [1.82, 2.24) is 15.5 Å². The number of nitrogens with two attached hydrogens (primary N) is 2. The molecule has 2 fully saturated rings. The molecule has 7 amide bonds. The first kappa shape index (κ1) is 61.9. The number of nitrogens with zero attached hydrogens (tertiary/aromatic N) is 1. The van der Waals surface area contributed by atoms with Crippen molar-refractivity contribution >= 4 is 79.9 Å². The first-order chi connectivity index (χ1) is 35.4. The number of aliphatic hydroxyl groups is 2. The van der Waals surface area contributed by atoms with Crippen molar-refractivity contribution in [2.75, 3.05) is 25.0 Å². The van der Waals surface area contributed by atoms with E-state index in [9.17, 15) is 62.7 Å². The second-order valence-corrected chi connectivity index (χ2v) is 19.5. The van der Waals surface area contributed by atoms with Crippen molar-refractivity contribution in [2.45, 2.75) is 136 Å². The van der Waals surface area contributed by atoms with Crippen molar-refractivity contribution in [2.24, 2.45) is 34.1 Å². The lowest BCUT2D eigenvalue weighted by atomic mass is 9.61. The topological polar surface area (TPSA) is 340 Å². The number of hydrogen-bond acceptors (Lipinski definition) is 13. The number of imide groups is 1. The van der Waals surface area contributed by atoms with Crippen LogP contribution in [0.25, 0.3) is 0 Å². The standard InChI is InChI=1S/C30H40N4O7.C21H28N2O6.CH3BOP/c31-29(41)32-17-5-7-22(28(40)33-23-11-9-21(20-35)10-12-23)19-25(37)30(15-6-16-30)24(36)8-3-1-2-4-18-34-26(38)13-14-27(34)39;22-20(29)23-10-1-3-16(12-18(26)21(19(27)28)8-2-9-21)17(25)11-14-4-6-15(13-24)7-5-14;1-2-4-3/h9-14,22,35H,1-8,15-20H2,(H,33,40)(H3,31,32,41);4-7,16,24H,1-3,8-13H2,(H,27,28)(H3,22,23,29);1H3/t22-;16-;/m11./s1. The fourth-order valence-corrected chi connectivity index (χ4v) is 8.89. The molecule has 20 nitrogen and oxygen atoms in total. The van der Waals surface area contributed by atoms with Crippen LogP contribution in [0.3, 0.4) is 0 Å². The van der Waals surface area contributed by atoms with E-state index in [1.54, 1.807) is 62.4 Å². The molecule has 0 spiro atoms. The zero-order valence-electron chi connectivity index (χ0n) is 42.2. The van der Waals surface area contributed by atoms with Gasteiger partial charge in [-0.3, -0.25) is 47.8 Å². The molecular formula is C52H71BN6O14P. The molecule has 0 unspecified atom stereocenters. The summed E-state index contributed by atoms with van der Waals surface area (Å²) in [6, 6.07) is 12.4. The van der Waals surface area contributed by atoms with Crippen LogP contribution in [0.5, 0.6) is 0 Å². The molecule has 2 saturated carbocycles. The van der Waals surface area contributed by atoms with Crippen molar-refractivity contribution in [3.63, 3.8) is 0 Å². The Bertz CT molecular complexity index is 2290. The quantitative estimate of drug-likeness (QED) is 0.0157. The van der Waals surface area contributed by atoms with E-state index in [4.69, 9.17) is 16.6 Å². The minimum atomic E-state index is -1.35. The number of Topliss-reactive ketones (excluding diaryl/α,β-unsaturated/α-hetero) is 4. The van der Waals surface area contributed by atoms with Gasteiger partial charge in [-0.15, -0.1) is 0 Å². The van der Waals surface area contributed by atoms with Crippen molar-refractivity contribution in [1.29, 1.82) is 0 Å². The summed E-state index contributed by atoms with van der Waals surface area (Å²) in [4.78, 5) is 123. The smallest absolute Gasteiger partial charge is 0.317 e. The lowest BCUT2D eigenvalue weighted by molar-refractivity contribution is -0.162. The molecule has 1 aliphatic heterocycles. The van der Waals surface area contributed by atoms with Crippen LogP contribution in [0, 0.1) is 22.7 Å². The van der Waals surface area contributed by atoms with Gasteiger partial charge in [-0.25, -0.2) is 9.59 Å². The molecule has 0 saturated heterocycles. The van der Waals surface area contributed by atoms with Gasteiger partial charge in [-0.05, 0) is 93.0 Å². The third kappa shape index (κ3) is 19.4. The molecule has 2 atom stereocenters. The Labute approximate surface area is 434 Å². The highest BCUT2D eigenvalue weighted by Crippen LogP contribution is 2.46. The number of unbranched alkanes of at least 4 members (excludes halogenated alkanes) is 3. The number of anilines is 1. The maximum absolute atomic E-state index is 13.5. The van der Waals surface area contributed by atoms with Gasteiger partial charge in [-0.2, -0.15) is 0 Å². The number of carbonyl (C=O) groups excluding carboxylic acids is 9. The van der Waals surface area contributed by atoms with E-state index in [0.29, 0.717) is 88.4 Å². The molecule has 1 heterocycles. The number of carboxylic acids is 1. The summed E-state index contributed by atoms with van der Waals surface area (Å²) in [6.07, 6.45) is 10.1. The summed E-state index contributed by atoms with van der Waals surface area (Å²) in [5, 5.41) is 35.6. The fraction of sp³-hybridized carbons (Fsp3) is 0.538. The van der Waals surface area contributed by atoms with Crippen molar-refractivity contribution < 1.29 is 67.8 Å². The van der Waals surface area contributed by atoms with Gasteiger partial charge in [0.05, 0.1) is 27.0 Å². The first-order valence-corrected chi connectivity index (χ1v) is 26.0. The number of aliphatic carboxylic acids is 1. The molecule has 10 N–H and O–H groups in total. The zero-order chi connectivity index (χ0) is 54.7. The van der Waals surface area contributed by atoms with E-state index in [1.807, 2.05) is 0 Å². The minimum absolute atomic E-state index is 0.0746. The summed E-state index contributed by atoms with van der Waals surface area (Å²) < 4.78 is 9.22. The van der Waals surface area contributed by atoms with E-state index in [1.165, 1.54) is 17.1 Å². The molecule has 3 aliphatic rings. The number of urea groups is 2. The molecule has 401 valence electrons. The minimum Gasteiger partial charge on any atom is -0.480 e. The van der Waals surface area contributed by atoms with Gasteiger partial charge >= 0.3 is 18.0 Å². The number of ketones is 4. The average molecular weight is 1050 g/mol. The van der Waals surface area contributed by atoms with Gasteiger partial charge in [0.25, 0.3) is 11.8 Å². The molecule has 0 aromatic heterocycles. The highest BCUT2D eigenvalue weighted by molar-refractivity contribution is 7.60. The van der Waals surface area contributed by atoms with Crippen LogP contribution in [0.1, 0.15) is 126 Å². The monoisotopic (exact) mass is 1050 g/mol. The van der Waals surface area contributed by atoms with E-state index in [2.05, 4.69) is 16.0 Å². The summed E-state index contributed by atoms with van der Waals surface area (Å²) >= 11 is 0. The predicted octanol–water partition coefficient (Wildman–Crippen LogP) is 5.27. The second kappa shape index (κ2) is 32.0. The van der Waals surface area contributed by atoms with Crippen molar-refractivity contribution in [3.05, 3.63) is 77.4 Å². The third-order valence-electron chi connectivity index (χ3n) is 13.7. The van der Waals surface area contributed by atoms with Crippen LogP contribution in [-0.2, 0) is 62.6 Å². The third-order valence-corrected chi connectivity index (χ3v) is 13.9. The Morgan fingerprint density at radius 2 is 1.12 bits per heavy atom. The van der Waals surface area contributed by atoms with E-state index < -0.39 is 46.5 Å². The Kier molecular flexibility index (Phi) is 26.8. The van der Waals surface area contributed by atoms with E-state index in [-0.39, 0.29) is 95.4 Å². The maximum Gasteiger partial charge on any atom is 0.317 e. The Balaban J connectivity index is 0.000000382. The summed E-state index contributed by atoms with van der Waals surface area (Å²) in [5.41, 5.74) is 10.5. The number of rotatable bonds is 31. The lowest BCUT2D eigenvalue weighted by Crippen LogP contribution is -2.46. The van der Waals surface area contributed by atoms with Gasteiger partial charge in [0.15, 0.2) is 5.78 Å². The zero-order valence-corrected chi connectivity index (χ0v) is 43.0. The first-order valence-electron chi connectivity index (χ1n) is 25.1. The number of amides is 7. The molecule has 2 aromatic rings. The molecule has 1 radical (unpaired) electrons. The van der Waals surface area contributed by atoms with Crippen LogP contribution >= 0.6 is 8.34 Å². The van der Waals surface area contributed by atoms with Gasteiger partial charge in [0.2, 0.25) is 12.9 Å². The number of hydrogen-bond donors (Lipinski definition) is 8. The Morgan fingerprint density at radius 3 is 1.58 bits per heavy atom. The number of aliphatic hydroxyl groups excluding tert-OH is 2. The Morgan fingerprint density at radius 1 is 0.662 bits per heavy atom. The number of benzene rings is 2. The SMILES string of the molecule is C[B]P=O.NC(=O)NCCC[C@H](CC(=O)C1(C(=O)CCCCCCN2C(=O)C=CC2=O)CCC1)C(=O)Nc1ccc(CO)cc1.NC(=O)NCCC[C@H](CC(=O)C1(C(=O)O)CCC1)C(=O)Cc1ccc(CO)cc1. The summed E-state index contributed by atoms with van der Waals surface area (Å²) in [5.74, 6) is -4.21. The fourth-order valence-electron chi connectivity index (χ4n) is 8.89. The highest BCUT2D eigenvalue weighted by Gasteiger charge is 2.51. The number of carboxylic acid groups (broad SMARTS) is 1. The van der Waals surface area contributed by atoms with E-state index in [0.717, 1.165) is 30.4 Å². The van der Waals surface area contributed by atoms with Gasteiger partial charge in [0, 0.05) is 75.0 Å². The molecule has 5 rings (SSSR count). The molecule has 22 heteroatoms. The molecular weight excluding hydrogens is 974 g/mol. The summed E-state index contributed by atoms with van der Waals surface area (Å²) in [7, 11) is 0.123. The van der Waals surface area contributed by atoms with Crippen LogP contribution in [0.4, 0.5) is 15.3 Å². The van der Waals surface area contributed by atoms with Crippen LogP contribution in [-0.4, -0.2) is 106 Å². The lowest BCUT2D eigenvalue weighted by Gasteiger charge is -2.39. The Hall–Kier alpha value is -6.44. The van der Waals surface area contributed by atoms with E-state index >= 15 is 0 Å². The predicted molar refractivity (Wildman–Crippen MR) is 275 cm³/mol. The molecule has 74 heavy (non-hydrogen) atoms. The number of nitrogens with one attached hydrogen (secondary N) is 3. The maximum atomic E-state index is 13.5. The molecule has 2 aliphatic carbocycles. The van der Waals surface area contributed by atoms with Gasteiger partial charge in [0.1, 0.15) is 22.8 Å². The van der Waals surface area contributed by atoms with Gasteiger partial charge < -0.3 is 42.7 Å². The second-order valence-electron chi connectivity index (χ2n) is 18.8.